The lowest BCUT2D eigenvalue weighted by Crippen LogP contribution is -2.57. The molecule has 1 saturated heterocycles. The minimum absolute atomic E-state index is 0.0200. The van der Waals surface area contributed by atoms with Gasteiger partial charge < -0.3 is 25.4 Å². The first-order chi connectivity index (χ1) is 18.4. The van der Waals surface area contributed by atoms with Crippen LogP contribution in [0.3, 0.4) is 0 Å². The maximum atomic E-state index is 12.8. The van der Waals surface area contributed by atoms with Gasteiger partial charge in [0.05, 0.1) is 11.5 Å². The van der Waals surface area contributed by atoms with E-state index in [-0.39, 0.29) is 23.4 Å². The summed E-state index contributed by atoms with van der Waals surface area (Å²) in [5, 5.41) is 14.9. The van der Waals surface area contributed by atoms with Crippen molar-refractivity contribution in [3.05, 3.63) is 35.9 Å². The molecule has 2 amide bonds. The number of carbonyl (C=O) groups is 5. The molecule has 1 aliphatic rings. The van der Waals surface area contributed by atoms with Crippen molar-refractivity contribution in [2.75, 3.05) is 20.1 Å². The molecule has 2 rings (SSSR count). The number of nitrogens with zero attached hydrogens (tertiary/aromatic N) is 1. The second-order valence-corrected chi connectivity index (χ2v) is 10.7. The number of carbonyl (C=O) groups excluding carboxylic acids is 5. The molecule has 1 aromatic carbocycles. The molecule has 0 unspecified atom stereocenters. The Kier molecular flexibility index (Phi) is 15.4. The lowest BCUT2D eigenvalue weighted by atomic mass is 9.98. The summed E-state index contributed by atoms with van der Waals surface area (Å²) in [6.45, 7) is 8.06. The van der Waals surface area contributed by atoms with Gasteiger partial charge in [0.25, 0.3) is 0 Å². The Morgan fingerprint density at radius 1 is 1.05 bits per heavy atom. The van der Waals surface area contributed by atoms with Gasteiger partial charge in [-0.2, -0.15) is 0 Å². The van der Waals surface area contributed by atoms with Crippen molar-refractivity contribution in [2.24, 2.45) is 5.92 Å². The number of likely N-dealkylation sites (N-methyl/N-ethyl adjacent to an activating group) is 1. The fourth-order valence-corrected chi connectivity index (χ4v) is 4.08. The van der Waals surface area contributed by atoms with Gasteiger partial charge in [0.2, 0.25) is 11.8 Å². The smallest absolute Gasteiger partial charge is 0.245 e. The van der Waals surface area contributed by atoms with Crippen LogP contribution in [0.4, 0.5) is 0 Å². The Morgan fingerprint density at radius 2 is 1.67 bits per heavy atom. The molecule has 0 aliphatic carbocycles. The summed E-state index contributed by atoms with van der Waals surface area (Å²) in [6, 6.07) is 9.30. The molecule has 1 fully saturated rings. The van der Waals surface area contributed by atoms with E-state index in [0.29, 0.717) is 32.0 Å². The highest BCUT2D eigenvalue weighted by Crippen LogP contribution is 2.14. The highest BCUT2D eigenvalue weighted by molar-refractivity contribution is 5.92. The van der Waals surface area contributed by atoms with Crippen LogP contribution < -0.4 is 10.6 Å². The number of hydrogen-bond donors (Lipinski definition) is 3. The Labute approximate surface area is 233 Å². The zero-order chi connectivity index (χ0) is 29.4. The number of amides is 2. The molecule has 0 spiro atoms. The number of nitrogens with one attached hydrogen (secondary N) is 2. The summed E-state index contributed by atoms with van der Waals surface area (Å²) in [7, 11) is 1.74. The van der Waals surface area contributed by atoms with Crippen molar-refractivity contribution in [3.8, 4) is 0 Å². The lowest BCUT2D eigenvalue weighted by molar-refractivity contribution is -0.137. The minimum atomic E-state index is -0.889. The largest absolute Gasteiger partial charge is 0.386 e. The molecule has 9 heteroatoms. The number of aliphatic hydroxyl groups excluding tert-OH is 1. The van der Waals surface area contributed by atoms with Crippen molar-refractivity contribution in [2.45, 2.75) is 96.7 Å². The van der Waals surface area contributed by atoms with Crippen LogP contribution in [0.2, 0.25) is 0 Å². The first-order valence-electron chi connectivity index (χ1n) is 13.9. The van der Waals surface area contributed by atoms with E-state index in [1.165, 1.54) is 13.8 Å². The van der Waals surface area contributed by atoms with Gasteiger partial charge in [0.15, 0.2) is 5.78 Å². The number of Topliss-reactive ketones (excluding diaryl/α,β-unsaturated/α-hetero) is 2. The fraction of sp³-hybridized carbons (Fsp3) is 0.633. The molecule has 9 nitrogen and oxygen atoms in total. The van der Waals surface area contributed by atoms with E-state index in [1.807, 2.05) is 49.1 Å². The SMILES string of the molecule is CC(=O)[C@H](C=O)CCCCCC(=O)[C@@H](C)O.CNC(C)(C)C(=O)N[C@@H](Cc1ccccc1)C(=O)N1CCCC1. The second kappa shape index (κ2) is 17.6. The Hall–Kier alpha value is -2.91. The molecule has 0 aromatic heterocycles. The number of unbranched alkanes of at least 4 members (excludes halogenated alkanes) is 2. The average Bonchev–Trinajstić information content (AvgIpc) is 3.45. The van der Waals surface area contributed by atoms with Crippen LogP contribution in [0.5, 0.6) is 0 Å². The van der Waals surface area contributed by atoms with Crippen LogP contribution in [0, 0.1) is 5.92 Å². The molecule has 1 heterocycles. The van der Waals surface area contributed by atoms with Crippen LogP contribution in [0.1, 0.15) is 78.2 Å². The zero-order valence-corrected chi connectivity index (χ0v) is 24.2. The standard InChI is InChI=1S/C18H27N3O2.C12H20O4/c1-18(2,19-3)17(23)20-15(13-14-9-5-4-6-10-14)16(22)21-11-7-8-12-21;1-9(14)11(8-13)6-4-3-5-7-12(16)10(2)15/h4-6,9-10,15,19H,7-8,11-13H2,1-3H3,(H,20,23);8,10-11,15H,3-7H2,1-2H3/t15-;10-,11+/m01/s1. The number of rotatable bonds is 15. The molecule has 0 bridgehead atoms. The Balaban J connectivity index is 0.000000420. The highest BCUT2D eigenvalue weighted by atomic mass is 16.3. The number of aliphatic hydroxyl groups is 1. The average molecular weight is 546 g/mol. The molecular weight excluding hydrogens is 498 g/mol. The Morgan fingerprint density at radius 3 is 2.18 bits per heavy atom. The molecule has 39 heavy (non-hydrogen) atoms. The van der Waals surface area contributed by atoms with Gasteiger partial charge in [0, 0.05) is 25.9 Å². The molecule has 3 atom stereocenters. The topological polar surface area (TPSA) is 133 Å². The van der Waals surface area contributed by atoms with Gasteiger partial charge in [-0.05, 0) is 66.0 Å². The predicted molar refractivity (Wildman–Crippen MR) is 151 cm³/mol. The van der Waals surface area contributed by atoms with Gasteiger partial charge in [-0.15, -0.1) is 0 Å². The number of benzene rings is 1. The molecular formula is C30H47N3O6. The summed E-state index contributed by atoms with van der Waals surface area (Å²) in [5.41, 5.74) is 0.341. The second-order valence-electron chi connectivity index (χ2n) is 10.7. The molecule has 0 saturated carbocycles. The summed E-state index contributed by atoms with van der Waals surface area (Å²) in [5.74, 6) is -0.888. The van der Waals surface area contributed by atoms with Crippen LogP contribution in [-0.2, 0) is 30.4 Å². The van der Waals surface area contributed by atoms with E-state index < -0.39 is 23.6 Å². The number of aldehydes is 1. The van der Waals surface area contributed by atoms with E-state index in [1.54, 1.807) is 7.05 Å². The van der Waals surface area contributed by atoms with E-state index in [9.17, 15) is 24.0 Å². The molecule has 3 N–H and O–H groups in total. The van der Waals surface area contributed by atoms with Crippen molar-refractivity contribution in [3.63, 3.8) is 0 Å². The zero-order valence-electron chi connectivity index (χ0n) is 24.2. The first kappa shape index (κ1) is 34.1. The van der Waals surface area contributed by atoms with Crippen LogP contribution >= 0.6 is 0 Å². The normalized spacial score (nSPS) is 15.4. The third-order valence-electron chi connectivity index (χ3n) is 7.09. The van der Waals surface area contributed by atoms with Crippen LogP contribution in [0.25, 0.3) is 0 Å². The third kappa shape index (κ3) is 12.7. The number of hydrogen-bond acceptors (Lipinski definition) is 7. The van der Waals surface area contributed by atoms with Gasteiger partial charge in [0.1, 0.15) is 24.2 Å². The molecule has 0 radical (unpaired) electrons. The van der Waals surface area contributed by atoms with Crippen molar-refractivity contribution < 1.29 is 29.1 Å². The van der Waals surface area contributed by atoms with E-state index in [2.05, 4.69) is 10.6 Å². The molecule has 218 valence electrons. The molecule has 1 aliphatic heterocycles. The third-order valence-corrected chi connectivity index (χ3v) is 7.09. The molecule has 1 aromatic rings. The lowest BCUT2D eigenvalue weighted by Gasteiger charge is -2.29. The summed E-state index contributed by atoms with van der Waals surface area (Å²) < 4.78 is 0. The minimum Gasteiger partial charge on any atom is -0.386 e. The number of ketones is 2. The summed E-state index contributed by atoms with van der Waals surface area (Å²) >= 11 is 0. The van der Waals surface area contributed by atoms with Gasteiger partial charge >= 0.3 is 0 Å². The van der Waals surface area contributed by atoms with Crippen molar-refractivity contribution in [1.29, 1.82) is 0 Å². The van der Waals surface area contributed by atoms with Gasteiger partial charge in [-0.1, -0.05) is 43.2 Å². The number of likely N-dealkylation sites (tertiary alicyclic amines) is 1. The maximum Gasteiger partial charge on any atom is 0.245 e. The summed E-state index contributed by atoms with van der Waals surface area (Å²) in [4.78, 5) is 59.6. The van der Waals surface area contributed by atoms with Crippen LogP contribution in [-0.4, -0.2) is 77.5 Å². The van der Waals surface area contributed by atoms with E-state index >= 15 is 0 Å². The monoisotopic (exact) mass is 545 g/mol. The first-order valence-corrected chi connectivity index (χ1v) is 13.9. The summed E-state index contributed by atoms with van der Waals surface area (Å²) in [6.07, 6.45) is 5.58. The Bertz CT molecular complexity index is 926. The van der Waals surface area contributed by atoms with Crippen molar-refractivity contribution in [1.82, 2.24) is 15.5 Å². The quantitative estimate of drug-likeness (QED) is 0.175. The predicted octanol–water partition coefficient (Wildman–Crippen LogP) is 2.63. The van der Waals surface area contributed by atoms with Crippen molar-refractivity contribution >= 4 is 29.7 Å². The van der Waals surface area contributed by atoms with E-state index in [4.69, 9.17) is 5.11 Å². The van der Waals surface area contributed by atoms with Crippen LogP contribution in [0.15, 0.2) is 30.3 Å². The van der Waals surface area contributed by atoms with Gasteiger partial charge in [-0.3, -0.25) is 19.2 Å². The van der Waals surface area contributed by atoms with Gasteiger partial charge in [-0.25, -0.2) is 0 Å². The van der Waals surface area contributed by atoms with E-state index in [0.717, 1.165) is 44.3 Å². The maximum absolute atomic E-state index is 12.8. The highest BCUT2D eigenvalue weighted by Gasteiger charge is 2.32. The fourth-order valence-electron chi connectivity index (χ4n) is 4.08.